The van der Waals surface area contributed by atoms with E-state index in [4.69, 9.17) is 0 Å². The van der Waals surface area contributed by atoms with Crippen molar-refractivity contribution < 1.29 is 0 Å². The average molecular weight is 137 g/mol. The summed E-state index contributed by atoms with van der Waals surface area (Å²) in [6.07, 6.45) is 9.84. The molecular formula is C9H15N. The van der Waals surface area contributed by atoms with Crippen molar-refractivity contribution in [3.63, 3.8) is 0 Å². The zero-order chi connectivity index (χ0) is 7.23. The summed E-state index contributed by atoms with van der Waals surface area (Å²) in [5.41, 5.74) is 0. The van der Waals surface area contributed by atoms with Gasteiger partial charge in [-0.15, -0.1) is 0 Å². The van der Waals surface area contributed by atoms with E-state index in [9.17, 15) is 0 Å². The lowest BCUT2D eigenvalue weighted by Crippen LogP contribution is -2.16. The Balaban J connectivity index is 1.84. The van der Waals surface area contributed by atoms with Gasteiger partial charge in [0.2, 0.25) is 0 Å². The average Bonchev–Trinajstić information content (AvgIpc) is 2.71. The molecule has 10 heavy (non-hydrogen) atoms. The Morgan fingerprint density at radius 2 is 2.30 bits per heavy atom. The van der Waals surface area contributed by atoms with Crippen LogP contribution in [-0.2, 0) is 0 Å². The van der Waals surface area contributed by atoms with Gasteiger partial charge in [0.15, 0.2) is 0 Å². The van der Waals surface area contributed by atoms with Crippen LogP contribution in [0.15, 0.2) is 24.8 Å². The van der Waals surface area contributed by atoms with E-state index < -0.39 is 0 Å². The standard InChI is InChI=1S/C9H15N/c1-2-3-4-5-8-10-9-6-7-9/h2-4,9-10H,1,5-8H2. The fourth-order valence-corrected chi connectivity index (χ4v) is 0.851. The van der Waals surface area contributed by atoms with Crippen LogP contribution < -0.4 is 5.32 Å². The molecule has 1 nitrogen and oxygen atoms in total. The Kier molecular flexibility index (Phi) is 3.23. The van der Waals surface area contributed by atoms with Crippen LogP contribution in [0.25, 0.3) is 0 Å². The van der Waals surface area contributed by atoms with E-state index >= 15 is 0 Å². The number of hydrogen-bond acceptors (Lipinski definition) is 1. The van der Waals surface area contributed by atoms with Gasteiger partial charge in [-0.25, -0.2) is 0 Å². The third-order valence-electron chi connectivity index (χ3n) is 1.59. The van der Waals surface area contributed by atoms with Crippen molar-refractivity contribution in [3.8, 4) is 0 Å². The Hall–Kier alpha value is -0.560. The van der Waals surface area contributed by atoms with Gasteiger partial charge >= 0.3 is 0 Å². The summed E-state index contributed by atoms with van der Waals surface area (Å²) in [5, 5.41) is 3.43. The van der Waals surface area contributed by atoms with Crippen LogP contribution in [0.1, 0.15) is 19.3 Å². The summed E-state index contributed by atoms with van der Waals surface area (Å²) in [7, 11) is 0. The van der Waals surface area contributed by atoms with Gasteiger partial charge in [0.25, 0.3) is 0 Å². The summed E-state index contributed by atoms with van der Waals surface area (Å²) in [6.45, 7) is 4.72. The molecule has 0 aliphatic heterocycles. The minimum Gasteiger partial charge on any atom is -0.314 e. The fourth-order valence-electron chi connectivity index (χ4n) is 0.851. The van der Waals surface area contributed by atoms with Crippen molar-refractivity contribution in [2.24, 2.45) is 0 Å². The second kappa shape index (κ2) is 4.29. The van der Waals surface area contributed by atoms with Crippen molar-refractivity contribution in [2.45, 2.75) is 25.3 Å². The molecule has 1 rings (SSSR count). The smallest absolute Gasteiger partial charge is 0.00683 e. The normalized spacial score (nSPS) is 18.0. The van der Waals surface area contributed by atoms with E-state index in [-0.39, 0.29) is 0 Å². The number of allylic oxidation sites excluding steroid dienone is 2. The van der Waals surface area contributed by atoms with E-state index in [0.717, 1.165) is 19.0 Å². The summed E-state index contributed by atoms with van der Waals surface area (Å²) >= 11 is 0. The highest BCUT2D eigenvalue weighted by atomic mass is 14.9. The minimum atomic E-state index is 0.845. The largest absolute Gasteiger partial charge is 0.314 e. The third-order valence-corrected chi connectivity index (χ3v) is 1.59. The fraction of sp³-hybridized carbons (Fsp3) is 0.556. The van der Waals surface area contributed by atoms with Crippen LogP contribution >= 0.6 is 0 Å². The second-order valence-corrected chi connectivity index (χ2v) is 2.68. The molecule has 1 fully saturated rings. The van der Waals surface area contributed by atoms with Crippen molar-refractivity contribution in [1.29, 1.82) is 0 Å². The number of nitrogens with one attached hydrogen (secondary N) is 1. The zero-order valence-electron chi connectivity index (χ0n) is 6.34. The predicted molar refractivity (Wildman–Crippen MR) is 45.0 cm³/mol. The first-order valence-electron chi connectivity index (χ1n) is 3.94. The van der Waals surface area contributed by atoms with Gasteiger partial charge in [0.05, 0.1) is 0 Å². The Bertz CT molecular complexity index is 123. The molecule has 0 spiro atoms. The molecule has 1 aliphatic carbocycles. The van der Waals surface area contributed by atoms with E-state index in [1.165, 1.54) is 12.8 Å². The molecule has 0 aromatic rings. The SMILES string of the molecule is C=CC=CCCNC1CC1. The van der Waals surface area contributed by atoms with Crippen molar-refractivity contribution in [1.82, 2.24) is 5.32 Å². The van der Waals surface area contributed by atoms with Crippen LogP contribution in [-0.4, -0.2) is 12.6 Å². The molecular weight excluding hydrogens is 122 g/mol. The van der Waals surface area contributed by atoms with Gasteiger partial charge in [-0.05, 0) is 25.8 Å². The number of rotatable bonds is 5. The number of hydrogen-bond donors (Lipinski definition) is 1. The first-order valence-corrected chi connectivity index (χ1v) is 3.94. The Morgan fingerprint density at radius 1 is 1.50 bits per heavy atom. The van der Waals surface area contributed by atoms with E-state index in [1.54, 1.807) is 0 Å². The van der Waals surface area contributed by atoms with Gasteiger partial charge in [0.1, 0.15) is 0 Å². The molecule has 0 saturated heterocycles. The first-order chi connectivity index (χ1) is 4.93. The minimum absolute atomic E-state index is 0.845. The molecule has 0 heterocycles. The molecule has 56 valence electrons. The quantitative estimate of drug-likeness (QED) is 0.450. The first kappa shape index (κ1) is 7.55. The van der Waals surface area contributed by atoms with Crippen molar-refractivity contribution in [3.05, 3.63) is 24.8 Å². The highest BCUT2D eigenvalue weighted by Crippen LogP contribution is 2.18. The van der Waals surface area contributed by atoms with Crippen LogP contribution in [0.5, 0.6) is 0 Å². The van der Waals surface area contributed by atoms with Gasteiger partial charge in [-0.3, -0.25) is 0 Å². The molecule has 0 unspecified atom stereocenters. The van der Waals surface area contributed by atoms with Crippen LogP contribution in [0, 0.1) is 0 Å². The predicted octanol–water partition coefficient (Wildman–Crippen LogP) is 1.87. The molecule has 1 saturated carbocycles. The Morgan fingerprint density at radius 3 is 2.90 bits per heavy atom. The molecule has 0 bridgehead atoms. The molecule has 0 radical (unpaired) electrons. The zero-order valence-corrected chi connectivity index (χ0v) is 6.34. The Labute approximate surface area is 62.8 Å². The molecule has 0 amide bonds. The molecule has 0 aromatic heterocycles. The summed E-state index contributed by atoms with van der Waals surface area (Å²) in [6, 6.07) is 0.845. The summed E-state index contributed by atoms with van der Waals surface area (Å²) < 4.78 is 0. The second-order valence-electron chi connectivity index (χ2n) is 2.68. The van der Waals surface area contributed by atoms with E-state index in [2.05, 4.69) is 18.0 Å². The molecule has 0 aromatic carbocycles. The molecule has 1 N–H and O–H groups in total. The topological polar surface area (TPSA) is 12.0 Å². The van der Waals surface area contributed by atoms with Gasteiger partial charge < -0.3 is 5.32 Å². The van der Waals surface area contributed by atoms with Gasteiger partial charge in [-0.2, -0.15) is 0 Å². The van der Waals surface area contributed by atoms with E-state index in [0.29, 0.717) is 0 Å². The third kappa shape index (κ3) is 3.46. The maximum atomic E-state index is 3.60. The lowest BCUT2D eigenvalue weighted by Gasteiger charge is -1.96. The van der Waals surface area contributed by atoms with Crippen molar-refractivity contribution in [2.75, 3.05) is 6.54 Å². The lowest BCUT2D eigenvalue weighted by atomic mass is 10.3. The molecule has 1 aliphatic rings. The molecule has 0 atom stereocenters. The van der Waals surface area contributed by atoms with Crippen LogP contribution in [0.3, 0.4) is 0 Å². The van der Waals surface area contributed by atoms with E-state index in [1.807, 2.05) is 12.2 Å². The highest BCUT2D eigenvalue weighted by molar-refractivity contribution is 4.97. The lowest BCUT2D eigenvalue weighted by molar-refractivity contribution is 0.690. The van der Waals surface area contributed by atoms with Gasteiger partial charge in [0, 0.05) is 6.04 Å². The monoisotopic (exact) mass is 137 g/mol. The van der Waals surface area contributed by atoms with Crippen LogP contribution in [0.4, 0.5) is 0 Å². The highest BCUT2D eigenvalue weighted by Gasteiger charge is 2.18. The summed E-state index contributed by atoms with van der Waals surface area (Å²) in [5.74, 6) is 0. The van der Waals surface area contributed by atoms with Crippen molar-refractivity contribution >= 4 is 0 Å². The van der Waals surface area contributed by atoms with Gasteiger partial charge in [-0.1, -0.05) is 24.8 Å². The maximum Gasteiger partial charge on any atom is 0.00683 e. The maximum absolute atomic E-state index is 3.60. The van der Waals surface area contributed by atoms with Crippen LogP contribution in [0.2, 0.25) is 0 Å². The summed E-state index contributed by atoms with van der Waals surface area (Å²) in [4.78, 5) is 0. The molecule has 1 heteroatoms.